The molecular weight excluding hydrogens is 279 g/mol. The van der Waals surface area contributed by atoms with E-state index in [9.17, 15) is 13.2 Å². The van der Waals surface area contributed by atoms with Crippen LogP contribution in [0.25, 0.3) is 0 Å². The van der Waals surface area contributed by atoms with Gasteiger partial charge in [0.1, 0.15) is 5.75 Å². The lowest BCUT2D eigenvalue weighted by molar-refractivity contribution is -0.182. The smallest absolute Gasteiger partial charge is 0.391 e. The van der Waals surface area contributed by atoms with E-state index >= 15 is 0 Å². The average Bonchev–Trinajstić information content (AvgIpc) is 2.47. The molecule has 1 aliphatic carbocycles. The van der Waals surface area contributed by atoms with Crippen LogP contribution in [-0.2, 0) is 0 Å². The Labute approximate surface area is 123 Å². The Balaban J connectivity index is 1.88. The zero-order chi connectivity index (χ0) is 15.5. The topological polar surface area (TPSA) is 21.3 Å². The maximum atomic E-state index is 12.6. The minimum absolute atomic E-state index is 0.104. The predicted molar refractivity (Wildman–Crippen MR) is 76.3 cm³/mol. The van der Waals surface area contributed by atoms with Gasteiger partial charge in [-0.3, -0.25) is 0 Å². The first-order valence-corrected chi connectivity index (χ1v) is 7.37. The molecular formula is C16H22F3NO. The van der Waals surface area contributed by atoms with Gasteiger partial charge in [-0.1, -0.05) is 12.1 Å². The molecule has 2 rings (SSSR count). The first-order valence-electron chi connectivity index (χ1n) is 7.37. The normalized spacial score (nSPS) is 24.6. The molecule has 2 nitrogen and oxygen atoms in total. The Morgan fingerprint density at radius 1 is 1.19 bits per heavy atom. The lowest BCUT2D eigenvalue weighted by Gasteiger charge is -2.32. The van der Waals surface area contributed by atoms with Crippen LogP contribution in [0.5, 0.6) is 5.75 Å². The Morgan fingerprint density at radius 3 is 2.43 bits per heavy atom. The first kappa shape index (κ1) is 16.1. The van der Waals surface area contributed by atoms with Crippen molar-refractivity contribution in [2.45, 2.75) is 50.9 Å². The van der Waals surface area contributed by atoms with E-state index in [1.54, 1.807) is 7.11 Å². The van der Waals surface area contributed by atoms with E-state index in [-0.39, 0.29) is 24.9 Å². The third kappa shape index (κ3) is 4.37. The molecule has 118 valence electrons. The highest BCUT2D eigenvalue weighted by molar-refractivity contribution is 5.30. The predicted octanol–water partition coefficient (Wildman–Crippen LogP) is 4.47. The molecule has 1 atom stereocenters. The summed E-state index contributed by atoms with van der Waals surface area (Å²) in [7, 11) is 1.62. The average molecular weight is 301 g/mol. The molecule has 0 saturated heterocycles. The highest BCUT2D eigenvalue weighted by Gasteiger charge is 2.41. The SMILES string of the molecule is COc1cccc([C@H](C)NC2CCC(C(F)(F)F)CC2)c1. The van der Waals surface area contributed by atoms with Crippen molar-refractivity contribution in [1.29, 1.82) is 0 Å². The summed E-state index contributed by atoms with van der Waals surface area (Å²) < 4.78 is 43.1. The van der Waals surface area contributed by atoms with Gasteiger partial charge in [0.05, 0.1) is 13.0 Å². The Kier molecular flexibility index (Phi) is 5.14. The summed E-state index contributed by atoms with van der Waals surface area (Å²) in [6.07, 6.45) is -2.42. The minimum Gasteiger partial charge on any atom is -0.497 e. The van der Waals surface area contributed by atoms with Crippen LogP contribution in [0.15, 0.2) is 24.3 Å². The van der Waals surface area contributed by atoms with E-state index < -0.39 is 12.1 Å². The van der Waals surface area contributed by atoms with E-state index in [0.29, 0.717) is 12.8 Å². The Morgan fingerprint density at radius 2 is 1.86 bits per heavy atom. The fourth-order valence-electron chi connectivity index (χ4n) is 2.95. The molecule has 0 spiro atoms. The second-order valence-electron chi connectivity index (χ2n) is 5.76. The third-order valence-electron chi connectivity index (χ3n) is 4.27. The van der Waals surface area contributed by atoms with Crippen LogP contribution in [0.3, 0.4) is 0 Å². The Hall–Kier alpha value is -1.23. The molecule has 1 N–H and O–H groups in total. The lowest BCUT2D eigenvalue weighted by Crippen LogP contribution is -2.38. The molecule has 0 aliphatic heterocycles. The molecule has 1 aliphatic rings. The third-order valence-corrected chi connectivity index (χ3v) is 4.27. The second kappa shape index (κ2) is 6.69. The quantitative estimate of drug-likeness (QED) is 0.886. The summed E-state index contributed by atoms with van der Waals surface area (Å²) >= 11 is 0. The van der Waals surface area contributed by atoms with Crippen LogP contribution in [-0.4, -0.2) is 19.3 Å². The van der Waals surface area contributed by atoms with Gasteiger partial charge in [-0.2, -0.15) is 13.2 Å². The maximum Gasteiger partial charge on any atom is 0.391 e. The molecule has 1 aromatic rings. The van der Waals surface area contributed by atoms with Crippen LogP contribution in [0.1, 0.15) is 44.2 Å². The van der Waals surface area contributed by atoms with Gasteiger partial charge in [-0.25, -0.2) is 0 Å². The highest BCUT2D eigenvalue weighted by Crippen LogP contribution is 2.37. The number of methoxy groups -OCH3 is 1. The van der Waals surface area contributed by atoms with Crippen molar-refractivity contribution in [3.8, 4) is 5.75 Å². The van der Waals surface area contributed by atoms with Crippen molar-refractivity contribution in [1.82, 2.24) is 5.32 Å². The summed E-state index contributed by atoms with van der Waals surface area (Å²) in [6, 6.07) is 8.02. The van der Waals surface area contributed by atoms with E-state index in [4.69, 9.17) is 4.74 Å². The van der Waals surface area contributed by atoms with Crippen molar-refractivity contribution in [2.24, 2.45) is 5.92 Å². The van der Waals surface area contributed by atoms with Gasteiger partial charge in [-0.15, -0.1) is 0 Å². The molecule has 5 heteroatoms. The number of hydrogen-bond acceptors (Lipinski definition) is 2. The van der Waals surface area contributed by atoms with E-state index in [2.05, 4.69) is 5.32 Å². The Bertz CT molecular complexity index is 453. The summed E-state index contributed by atoms with van der Waals surface area (Å²) in [4.78, 5) is 0. The van der Waals surface area contributed by atoms with E-state index in [1.807, 2.05) is 31.2 Å². The van der Waals surface area contributed by atoms with Gasteiger partial charge < -0.3 is 10.1 Å². The van der Waals surface area contributed by atoms with Crippen LogP contribution < -0.4 is 10.1 Å². The lowest BCUT2D eigenvalue weighted by atomic mass is 9.85. The molecule has 21 heavy (non-hydrogen) atoms. The van der Waals surface area contributed by atoms with Crippen LogP contribution in [0.2, 0.25) is 0 Å². The van der Waals surface area contributed by atoms with Gasteiger partial charge in [-0.05, 0) is 50.3 Å². The number of nitrogens with one attached hydrogen (secondary N) is 1. The van der Waals surface area contributed by atoms with Crippen LogP contribution in [0, 0.1) is 5.92 Å². The zero-order valence-corrected chi connectivity index (χ0v) is 12.4. The van der Waals surface area contributed by atoms with Gasteiger partial charge in [0.15, 0.2) is 0 Å². The largest absolute Gasteiger partial charge is 0.497 e. The number of ether oxygens (including phenoxy) is 1. The molecule has 0 unspecified atom stereocenters. The van der Waals surface area contributed by atoms with E-state index in [1.165, 1.54) is 0 Å². The molecule has 0 radical (unpaired) electrons. The van der Waals surface area contributed by atoms with E-state index in [0.717, 1.165) is 11.3 Å². The maximum absolute atomic E-state index is 12.6. The molecule has 0 amide bonds. The fourth-order valence-corrected chi connectivity index (χ4v) is 2.95. The molecule has 1 saturated carbocycles. The van der Waals surface area contributed by atoms with Crippen LogP contribution >= 0.6 is 0 Å². The molecule has 0 heterocycles. The summed E-state index contributed by atoms with van der Waals surface area (Å²) in [5, 5.41) is 3.44. The number of rotatable bonds is 4. The first-order chi connectivity index (χ1) is 9.90. The summed E-state index contributed by atoms with van der Waals surface area (Å²) in [6.45, 7) is 2.03. The highest BCUT2D eigenvalue weighted by atomic mass is 19.4. The van der Waals surface area contributed by atoms with Gasteiger partial charge >= 0.3 is 6.18 Å². The number of alkyl halides is 3. The standard InChI is InChI=1S/C16H22F3NO/c1-11(12-4-3-5-15(10-12)21-2)20-14-8-6-13(7-9-14)16(17,18)19/h3-5,10-11,13-14,20H,6-9H2,1-2H3/t11-,13?,14?/m0/s1. The minimum atomic E-state index is -4.04. The molecule has 0 aromatic heterocycles. The molecule has 1 aromatic carbocycles. The van der Waals surface area contributed by atoms with Gasteiger partial charge in [0, 0.05) is 12.1 Å². The second-order valence-corrected chi connectivity index (χ2v) is 5.76. The number of benzene rings is 1. The van der Waals surface area contributed by atoms with Gasteiger partial charge in [0.2, 0.25) is 0 Å². The number of halogens is 3. The van der Waals surface area contributed by atoms with Crippen molar-refractivity contribution in [3.63, 3.8) is 0 Å². The van der Waals surface area contributed by atoms with Gasteiger partial charge in [0.25, 0.3) is 0 Å². The van der Waals surface area contributed by atoms with Crippen molar-refractivity contribution in [2.75, 3.05) is 7.11 Å². The van der Waals surface area contributed by atoms with Crippen molar-refractivity contribution in [3.05, 3.63) is 29.8 Å². The molecule has 1 fully saturated rings. The summed E-state index contributed by atoms with van der Waals surface area (Å²) in [5.74, 6) is -0.329. The summed E-state index contributed by atoms with van der Waals surface area (Å²) in [5.41, 5.74) is 1.09. The van der Waals surface area contributed by atoms with Crippen molar-refractivity contribution < 1.29 is 17.9 Å². The monoisotopic (exact) mass is 301 g/mol. The van der Waals surface area contributed by atoms with Crippen LogP contribution in [0.4, 0.5) is 13.2 Å². The fraction of sp³-hybridized carbons (Fsp3) is 0.625. The molecule has 0 bridgehead atoms. The zero-order valence-electron chi connectivity index (χ0n) is 12.4. The van der Waals surface area contributed by atoms with Crippen molar-refractivity contribution >= 4 is 0 Å². The number of hydrogen-bond donors (Lipinski definition) is 1.